The van der Waals surface area contributed by atoms with Gasteiger partial charge in [-0.3, -0.25) is 0 Å². The Morgan fingerprint density at radius 1 is 1.30 bits per heavy atom. The fourth-order valence-electron chi connectivity index (χ4n) is 3.73. The lowest BCUT2D eigenvalue weighted by atomic mass is 9.85. The van der Waals surface area contributed by atoms with Gasteiger partial charge in [-0.1, -0.05) is 13.3 Å². The fraction of sp³-hybridized carbons (Fsp3) is 0.944. The smallest absolute Gasteiger partial charge is 0.410 e. The van der Waals surface area contributed by atoms with E-state index in [2.05, 4.69) is 12.2 Å². The third kappa shape index (κ3) is 5.08. The van der Waals surface area contributed by atoms with Crippen molar-refractivity contribution in [2.75, 3.05) is 26.2 Å². The average molecular weight is 326 g/mol. The number of piperidine rings is 1. The van der Waals surface area contributed by atoms with Crippen LogP contribution in [-0.4, -0.2) is 54.0 Å². The highest BCUT2D eigenvalue weighted by molar-refractivity contribution is 5.68. The molecule has 1 aliphatic heterocycles. The minimum absolute atomic E-state index is 0.0389. The van der Waals surface area contributed by atoms with E-state index >= 15 is 0 Å². The van der Waals surface area contributed by atoms with Gasteiger partial charge in [0.1, 0.15) is 5.60 Å². The molecule has 2 rings (SSSR count). The van der Waals surface area contributed by atoms with Crippen LogP contribution < -0.4 is 5.32 Å². The molecular weight excluding hydrogens is 292 g/mol. The molecule has 2 N–H and O–H groups in total. The Hall–Kier alpha value is -0.810. The molecule has 5 nitrogen and oxygen atoms in total. The topological polar surface area (TPSA) is 61.8 Å². The fourth-order valence-corrected chi connectivity index (χ4v) is 3.73. The predicted octanol–water partition coefficient (Wildman–Crippen LogP) is 2.77. The first-order valence-corrected chi connectivity index (χ1v) is 9.06. The molecule has 0 aromatic carbocycles. The van der Waals surface area contributed by atoms with Gasteiger partial charge in [0.25, 0.3) is 0 Å². The number of aliphatic hydroxyl groups is 1. The lowest BCUT2D eigenvalue weighted by molar-refractivity contribution is 0.0180. The number of nitrogens with zero attached hydrogens (tertiary/aromatic N) is 1. The maximum Gasteiger partial charge on any atom is 0.410 e. The zero-order valence-corrected chi connectivity index (χ0v) is 15.2. The van der Waals surface area contributed by atoms with E-state index < -0.39 is 5.60 Å². The second kappa shape index (κ2) is 7.39. The van der Waals surface area contributed by atoms with Crippen molar-refractivity contribution in [3.63, 3.8) is 0 Å². The average Bonchev–Trinajstić information content (AvgIpc) is 2.86. The SMILES string of the molecule is CC(C)(C)OC(=O)N1CCC(CN[C@@H]2CCC[C@]2(C)CO)CC1. The number of carbonyl (C=O) groups is 1. The van der Waals surface area contributed by atoms with Crippen LogP contribution >= 0.6 is 0 Å². The molecule has 0 radical (unpaired) electrons. The van der Waals surface area contributed by atoms with Crippen LogP contribution in [0.25, 0.3) is 0 Å². The predicted molar refractivity (Wildman–Crippen MR) is 91.4 cm³/mol. The molecule has 5 heteroatoms. The standard InChI is InChI=1S/C18H34N2O3/c1-17(2,3)23-16(22)20-10-7-14(8-11-20)12-19-15-6-5-9-18(15,4)13-21/h14-15,19,21H,5-13H2,1-4H3/t15-,18-/m1/s1. The highest BCUT2D eigenvalue weighted by Gasteiger charge is 2.38. The molecule has 0 unspecified atom stereocenters. The van der Waals surface area contributed by atoms with Crippen LogP contribution in [0.2, 0.25) is 0 Å². The van der Waals surface area contributed by atoms with Gasteiger partial charge in [0.15, 0.2) is 0 Å². The summed E-state index contributed by atoms with van der Waals surface area (Å²) in [6, 6.07) is 0.427. The van der Waals surface area contributed by atoms with Gasteiger partial charge in [0.2, 0.25) is 0 Å². The molecule has 1 saturated heterocycles. The summed E-state index contributed by atoms with van der Waals surface area (Å²) in [6.45, 7) is 10.7. The summed E-state index contributed by atoms with van der Waals surface area (Å²) in [4.78, 5) is 13.9. The van der Waals surface area contributed by atoms with E-state index in [9.17, 15) is 9.90 Å². The molecule has 0 bridgehead atoms. The van der Waals surface area contributed by atoms with Gasteiger partial charge in [-0.05, 0) is 58.9 Å². The Morgan fingerprint density at radius 3 is 2.52 bits per heavy atom. The monoisotopic (exact) mass is 326 g/mol. The first-order chi connectivity index (χ1) is 10.7. The minimum atomic E-state index is -0.424. The van der Waals surface area contributed by atoms with Crippen LogP contribution in [-0.2, 0) is 4.74 Å². The van der Waals surface area contributed by atoms with Crippen LogP contribution in [0, 0.1) is 11.3 Å². The van der Waals surface area contributed by atoms with Crippen molar-refractivity contribution in [3.8, 4) is 0 Å². The molecule has 0 aromatic rings. The summed E-state index contributed by atoms with van der Waals surface area (Å²) in [6.07, 6.45) is 5.33. The van der Waals surface area contributed by atoms with E-state index in [1.807, 2.05) is 25.7 Å². The summed E-state index contributed by atoms with van der Waals surface area (Å²) in [5.41, 5.74) is -0.385. The number of aliphatic hydroxyl groups excluding tert-OH is 1. The van der Waals surface area contributed by atoms with Crippen LogP contribution in [0.1, 0.15) is 59.8 Å². The second-order valence-electron chi connectivity index (χ2n) is 8.58. The highest BCUT2D eigenvalue weighted by atomic mass is 16.6. The molecular formula is C18H34N2O3. The molecule has 1 amide bonds. The van der Waals surface area contributed by atoms with E-state index in [1.54, 1.807) is 0 Å². The normalized spacial score (nSPS) is 29.8. The van der Waals surface area contributed by atoms with Crippen molar-refractivity contribution in [1.29, 1.82) is 0 Å². The number of nitrogens with one attached hydrogen (secondary N) is 1. The van der Waals surface area contributed by atoms with Crippen molar-refractivity contribution in [2.24, 2.45) is 11.3 Å². The van der Waals surface area contributed by atoms with Crippen molar-refractivity contribution >= 4 is 6.09 Å². The van der Waals surface area contributed by atoms with Gasteiger partial charge in [0, 0.05) is 31.2 Å². The number of hydrogen-bond acceptors (Lipinski definition) is 4. The number of ether oxygens (including phenoxy) is 1. The molecule has 2 aliphatic rings. The maximum absolute atomic E-state index is 12.1. The Labute approximate surface area is 140 Å². The van der Waals surface area contributed by atoms with Gasteiger partial charge in [0.05, 0.1) is 0 Å². The lowest BCUT2D eigenvalue weighted by Crippen LogP contribution is -2.46. The first kappa shape index (κ1) is 18.5. The van der Waals surface area contributed by atoms with Crippen LogP contribution in [0.4, 0.5) is 4.79 Å². The summed E-state index contributed by atoms with van der Waals surface area (Å²) < 4.78 is 5.44. The zero-order valence-electron chi connectivity index (χ0n) is 15.2. The Bertz CT molecular complexity index is 400. The van der Waals surface area contributed by atoms with Gasteiger partial charge in [-0.25, -0.2) is 4.79 Å². The first-order valence-electron chi connectivity index (χ1n) is 9.06. The number of hydrogen-bond donors (Lipinski definition) is 2. The number of amides is 1. The minimum Gasteiger partial charge on any atom is -0.444 e. The van der Waals surface area contributed by atoms with Crippen LogP contribution in [0.15, 0.2) is 0 Å². The molecule has 1 aliphatic carbocycles. The Kier molecular flexibility index (Phi) is 5.95. The van der Waals surface area contributed by atoms with Gasteiger partial charge < -0.3 is 20.1 Å². The molecule has 2 fully saturated rings. The summed E-state index contributed by atoms with van der Waals surface area (Å²) in [5, 5.41) is 13.3. The third-order valence-corrected chi connectivity index (χ3v) is 5.36. The number of rotatable bonds is 4. The van der Waals surface area contributed by atoms with E-state index in [0.29, 0.717) is 12.0 Å². The zero-order chi connectivity index (χ0) is 17.1. The summed E-state index contributed by atoms with van der Waals surface area (Å²) >= 11 is 0. The van der Waals surface area contributed by atoms with E-state index in [1.165, 1.54) is 6.42 Å². The molecule has 23 heavy (non-hydrogen) atoms. The largest absolute Gasteiger partial charge is 0.444 e. The quantitative estimate of drug-likeness (QED) is 0.834. The van der Waals surface area contributed by atoms with E-state index in [-0.39, 0.29) is 18.1 Å². The molecule has 1 heterocycles. The van der Waals surface area contributed by atoms with Gasteiger partial charge in [-0.2, -0.15) is 0 Å². The Balaban J connectivity index is 1.72. The number of carbonyl (C=O) groups excluding carboxylic acids is 1. The molecule has 1 saturated carbocycles. The van der Waals surface area contributed by atoms with Crippen molar-refractivity contribution in [1.82, 2.24) is 10.2 Å². The second-order valence-corrected chi connectivity index (χ2v) is 8.58. The number of likely N-dealkylation sites (tertiary alicyclic amines) is 1. The van der Waals surface area contributed by atoms with Crippen molar-refractivity contribution in [3.05, 3.63) is 0 Å². The lowest BCUT2D eigenvalue weighted by Gasteiger charge is -2.35. The van der Waals surface area contributed by atoms with Gasteiger partial charge in [-0.15, -0.1) is 0 Å². The maximum atomic E-state index is 12.1. The molecule has 0 spiro atoms. The van der Waals surface area contributed by atoms with E-state index in [0.717, 1.165) is 45.3 Å². The van der Waals surface area contributed by atoms with Crippen molar-refractivity contribution in [2.45, 2.75) is 71.4 Å². The highest BCUT2D eigenvalue weighted by Crippen LogP contribution is 2.37. The van der Waals surface area contributed by atoms with Crippen LogP contribution in [0.3, 0.4) is 0 Å². The Morgan fingerprint density at radius 2 is 1.96 bits per heavy atom. The van der Waals surface area contributed by atoms with Gasteiger partial charge >= 0.3 is 6.09 Å². The summed E-state index contributed by atoms with van der Waals surface area (Å²) in [5.74, 6) is 0.609. The molecule has 134 valence electrons. The van der Waals surface area contributed by atoms with E-state index in [4.69, 9.17) is 4.74 Å². The third-order valence-electron chi connectivity index (χ3n) is 5.36. The molecule has 0 aromatic heterocycles. The van der Waals surface area contributed by atoms with Crippen molar-refractivity contribution < 1.29 is 14.6 Å². The molecule has 2 atom stereocenters. The summed E-state index contributed by atoms with van der Waals surface area (Å²) in [7, 11) is 0. The van der Waals surface area contributed by atoms with Crippen LogP contribution in [0.5, 0.6) is 0 Å².